The topological polar surface area (TPSA) is 69.6 Å². The highest BCUT2D eigenvalue weighted by molar-refractivity contribution is 9.10. The third-order valence-electron chi connectivity index (χ3n) is 3.95. The van der Waals surface area contributed by atoms with E-state index in [9.17, 15) is 14.7 Å². The van der Waals surface area contributed by atoms with Gasteiger partial charge in [-0.1, -0.05) is 36.7 Å². The lowest BCUT2D eigenvalue weighted by Gasteiger charge is -2.37. The Kier molecular flexibility index (Phi) is 4.80. The van der Waals surface area contributed by atoms with E-state index in [4.69, 9.17) is 0 Å². The maximum atomic E-state index is 12.4. The van der Waals surface area contributed by atoms with Gasteiger partial charge in [0, 0.05) is 16.6 Å². The van der Waals surface area contributed by atoms with Crippen LogP contribution in [0.1, 0.15) is 37.6 Å². The van der Waals surface area contributed by atoms with E-state index in [1.165, 1.54) is 4.90 Å². The maximum absolute atomic E-state index is 12.4. The first-order chi connectivity index (χ1) is 10.2. The monoisotopic (exact) mass is 368 g/mol. The summed E-state index contributed by atoms with van der Waals surface area (Å²) in [4.78, 5) is 25.2. The third kappa shape index (κ3) is 3.61. The normalized spacial score (nSPS) is 21.7. The smallest absolute Gasteiger partial charge is 0.407 e. The van der Waals surface area contributed by atoms with E-state index in [1.54, 1.807) is 12.1 Å². The van der Waals surface area contributed by atoms with E-state index in [0.717, 1.165) is 4.47 Å². The number of carboxylic acid groups (broad SMARTS) is 1. The molecule has 0 radical (unpaired) electrons. The molecule has 1 aromatic rings. The molecule has 2 unspecified atom stereocenters. The van der Waals surface area contributed by atoms with Crippen molar-refractivity contribution in [3.8, 4) is 0 Å². The van der Waals surface area contributed by atoms with Crippen molar-refractivity contribution in [3.63, 3.8) is 0 Å². The molecule has 2 N–H and O–H groups in total. The van der Waals surface area contributed by atoms with Gasteiger partial charge in [0.05, 0.1) is 12.1 Å². The first-order valence-electron chi connectivity index (χ1n) is 7.26. The highest BCUT2D eigenvalue weighted by Gasteiger charge is 2.44. The van der Waals surface area contributed by atoms with Crippen LogP contribution in [-0.2, 0) is 0 Å². The van der Waals surface area contributed by atoms with E-state index in [0.29, 0.717) is 18.5 Å². The minimum absolute atomic E-state index is 0.168. The van der Waals surface area contributed by atoms with Crippen molar-refractivity contribution in [2.45, 2.75) is 39.3 Å². The first kappa shape index (κ1) is 16.8. The minimum Gasteiger partial charge on any atom is -0.465 e. The van der Waals surface area contributed by atoms with Gasteiger partial charge < -0.3 is 15.3 Å². The van der Waals surface area contributed by atoms with Crippen molar-refractivity contribution in [2.75, 3.05) is 6.54 Å². The van der Waals surface area contributed by atoms with Crippen LogP contribution in [-0.4, -0.2) is 40.6 Å². The molecule has 1 fully saturated rings. The molecule has 6 heteroatoms. The minimum atomic E-state index is -0.930. The molecule has 0 spiro atoms. The number of carbonyl (C=O) groups excluding carboxylic acids is 1. The Morgan fingerprint density at radius 1 is 1.27 bits per heavy atom. The van der Waals surface area contributed by atoms with Crippen LogP contribution in [0.2, 0.25) is 0 Å². The zero-order chi connectivity index (χ0) is 16.5. The fourth-order valence-electron chi connectivity index (χ4n) is 3.08. The average molecular weight is 369 g/mol. The van der Waals surface area contributed by atoms with Gasteiger partial charge in [-0.05, 0) is 36.1 Å². The molecule has 1 aromatic carbocycles. The van der Waals surface area contributed by atoms with Gasteiger partial charge in [-0.15, -0.1) is 0 Å². The van der Waals surface area contributed by atoms with Crippen LogP contribution in [0.4, 0.5) is 4.79 Å². The Hall–Kier alpha value is -1.56. The molecule has 2 atom stereocenters. The van der Waals surface area contributed by atoms with Crippen LogP contribution in [0.5, 0.6) is 0 Å². The van der Waals surface area contributed by atoms with Gasteiger partial charge in [-0.25, -0.2) is 4.79 Å². The molecule has 22 heavy (non-hydrogen) atoms. The van der Waals surface area contributed by atoms with Crippen molar-refractivity contribution < 1.29 is 14.7 Å². The van der Waals surface area contributed by atoms with E-state index in [-0.39, 0.29) is 23.4 Å². The number of amides is 2. The molecule has 1 aliphatic heterocycles. The van der Waals surface area contributed by atoms with Crippen LogP contribution in [0.15, 0.2) is 28.7 Å². The molecule has 1 heterocycles. The molecule has 2 amide bonds. The fourth-order valence-corrected chi connectivity index (χ4v) is 3.35. The number of halogens is 1. The molecule has 0 saturated carbocycles. The second-order valence-corrected chi connectivity index (χ2v) is 7.58. The number of likely N-dealkylation sites (tertiary alicyclic amines) is 1. The average Bonchev–Trinajstić information content (AvgIpc) is 2.83. The summed E-state index contributed by atoms with van der Waals surface area (Å²) in [7, 11) is 0. The maximum Gasteiger partial charge on any atom is 0.407 e. The quantitative estimate of drug-likeness (QED) is 0.840. The number of benzene rings is 1. The Morgan fingerprint density at radius 3 is 2.36 bits per heavy atom. The summed E-state index contributed by atoms with van der Waals surface area (Å²) in [5.74, 6) is -0.168. The van der Waals surface area contributed by atoms with Crippen LogP contribution < -0.4 is 5.32 Å². The number of nitrogens with one attached hydrogen (secondary N) is 1. The Morgan fingerprint density at radius 2 is 1.86 bits per heavy atom. The Labute approximate surface area is 138 Å². The molecule has 1 aliphatic rings. The number of hydrogen-bond acceptors (Lipinski definition) is 2. The van der Waals surface area contributed by atoms with Gasteiger partial charge in [0.1, 0.15) is 0 Å². The molecular formula is C16H21BrN2O3. The highest BCUT2D eigenvalue weighted by Crippen LogP contribution is 2.33. The van der Waals surface area contributed by atoms with Crippen molar-refractivity contribution in [2.24, 2.45) is 5.41 Å². The predicted molar refractivity (Wildman–Crippen MR) is 88.0 cm³/mol. The van der Waals surface area contributed by atoms with Crippen molar-refractivity contribution in [3.05, 3.63) is 34.3 Å². The van der Waals surface area contributed by atoms with Gasteiger partial charge in [0.2, 0.25) is 0 Å². The zero-order valence-corrected chi connectivity index (χ0v) is 14.6. The van der Waals surface area contributed by atoms with E-state index in [1.807, 2.05) is 32.9 Å². The van der Waals surface area contributed by atoms with Gasteiger partial charge in [0.15, 0.2) is 0 Å². The van der Waals surface area contributed by atoms with Crippen LogP contribution in [0.3, 0.4) is 0 Å². The van der Waals surface area contributed by atoms with Crippen LogP contribution >= 0.6 is 15.9 Å². The highest BCUT2D eigenvalue weighted by atomic mass is 79.9. The van der Waals surface area contributed by atoms with Gasteiger partial charge in [0.25, 0.3) is 5.91 Å². The van der Waals surface area contributed by atoms with Crippen molar-refractivity contribution in [1.29, 1.82) is 0 Å². The number of nitrogens with zero attached hydrogens (tertiary/aromatic N) is 1. The number of rotatable bonds is 2. The Bertz CT molecular complexity index is 566. The fraction of sp³-hybridized carbons (Fsp3) is 0.500. The van der Waals surface area contributed by atoms with E-state index >= 15 is 0 Å². The Balaban J connectivity index is 2.15. The molecule has 120 valence electrons. The largest absolute Gasteiger partial charge is 0.465 e. The zero-order valence-electron chi connectivity index (χ0n) is 13.0. The molecule has 0 bridgehead atoms. The molecule has 2 rings (SSSR count). The lowest BCUT2D eigenvalue weighted by Crippen LogP contribution is -2.52. The number of carbonyl (C=O) groups is 2. The van der Waals surface area contributed by atoms with E-state index in [2.05, 4.69) is 21.2 Å². The molecular weight excluding hydrogens is 348 g/mol. The summed E-state index contributed by atoms with van der Waals surface area (Å²) in [6.07, 6.45) is -0.295. The lowest BCUT2D eigenvalue weighted by molar-refractivity contribution is 0.0827. The molecule has 0 aliphatic carbocycles. The van der Waals surface area contributed by atoms with Crippen molar-refractivity contribution >= 4 is 27.9 Å². The third-order valence-corrected chi connectivity index (χ3v) is 4.48. The molecule has 0 aromatic heterocycles. The summed E-state index contributed by atoms with van der Waals surface area (Å²) in [6.45, 7) is 6.44. The van der Waals surface area contributed by atoms with Crippen LogP contribution in [0, 0.1) is 5.41 Å². The lowest BCUT2D eigenvalue weighted by atomic mass is 9.82. The summed E-state index contributed by atoms with van der Waals surface area (Å²) in [6, 6.07) is 6.71. The van der Waals surface area contributed by atoms with Gasteiger partial charge >= 0.3 is 6.09 Å². The SMILES string of the molecule is CC(C)(C)C1C(NC(=O)c2ccc(Br)cc2)CCN1C(=O)O. The predicted octanol–water partition coefficient (Wildman–Crippen LogP) is 3.35. The molecule has 1 saturated heterocycles. The van der Waals surface area contributed by atoms with Gasteiger partial charge in [-0.3, -0.25) is 4.79 Å². The standard InChI is InChI=1S/C16H21BrN2O3/c1-16(2,3)13-12(8-9-19(13)15(21)22)18-14(20)10-4-6-11(17)7-5-10/h4-7,12-13H,8-9H2,1-3H3,(H,18,20)(H,21,22). The summed E-state index contributed by atoms with van der Waals surface area (Å²) >= 11 is 3.34. The summed E-state index contributed by atoms with van der Waals surface area (Å²) in [5.41, 5.74) is 0.330. The molecule has 5 nitrogen and oxygen atoms in total. The van der Waals surface area contributed by atoms with Crippen LogP contribution in [0.25, 0.3) is 0 Å². The summed E-state index contributed by atoms with van der Waals surface area (Å²) in [5, 5.41) is 12.4. The van der Waals surface area contributed by atoms with Crippen molar-refractivity contribution in [1.82, 2.24) is 10.2 Å². The van der Waals surface area contributed by atoms with E-state index < -0.39 is 6.09 Å². The number of hydrogen-bond donors (Lipinski definition) is 2. The first-order valence-corrected chi connectivity index (χ1v) is 8.05. The second-order valence-electron chi connectivity index (χ2n) is 6.66. The second kappa shape index (κ2) is 6.28. The summed E-state index contributed by atoms with van der Waals surface area (Å²) < 4.78 is 0.912. The van der Waals surface area contributed by atoms with Gasteiger partial charge in [-0.2, -0.15) is 0 Å².